The van der Waals surface area contributed by atoms with E-state index in [9.17, 15) is 0 Å². The summed E-state index contributed by atoms with van der Waals surface area (Å²) in [7, 11) is 4.99. The summed E-state index contributed by atoms with van der Waals surface area (Å²) in [5.74, 6) is 1.58. The van der Waals surface area contributed by atoms with Crippen molar-refractivity contribution >= 4 is 22.8 Å². The molecule has 0 bridgehead atoms. The summed E-state index contributed by atoms with van der Waals surface area (Å²) in [6.45, 7) is 0. The fourth-order valence-corrected chi connectivity index (χ4v) is 3.34. The second-order valence-corrected chi connectivity index (χ2v) is 6.30. The van der Waals surface area contributed by atoms with Gasteiger partial charge in [-0.15, -0.1) is 0 Å². The molecule has 142 valence electrons. The van der Waals surface area contributed by atoms with Crippen molar-refractivity contribution in [2.45, 2.75) is 0 Å². The Balaban J connectivity index is 1.92. The SMILES string of the molecule is COc1ccc(C2=C(c3ccccc3)N(OC)c3cc(OC)ccc3N2)cc1. The van der Waals surface area contributed by atoms with Crippen molar-refractivity contribution in [3.05, 3.63) is 83.9 Å². The molecule has 0 atom stereocenters. The monoisotopic (exact) mass is 374 g/mol. The molecule has 0 spiro atoms. The number of nitrogens with one attached hydrogen (secondary N) is 1. The van der Waals surface area contributed by atoms with Gasteiger partial charge in [0.15, 0.2) is 0 Å². The van der Waals surface area contributed by atoms with Crippen LogP contribution < -0.4 is 19.9 Å². The first kappa shape index (κ1) is 17.9. The first-order chi connectivity index (χ1) is 13.7. The Bertz CT molecular complexity index is 998. The summed E-state index contributed by atoms with van der Waals surface area (Å²) in [5.41, 5.74) is 5.77. The van der Waals surface area contributed by atoms with Gasteiger partial charge in [-0.1, -0.05) is 30.3 Å². The van der Waals surface area contributed by atoms with Gasteiger partial charge in [-0.05, 0) is 36.4 Å². The Kier molecular flexibility index (Phi) is 4.91. The Morgan fingerprint density at radius 1 is 0.714 bits per heavy atom. The van der Waals surface area contributed by atoms with Crippen LogP contribution in [0.2, 0.25) is 0 Å². The first-order valence-corrected chi connectivity index (χ1v) is 8.98. The van der Waals surface area contributed by atoms with Crippen LogP contribution in [0.25, 0.3) is 11.4 Å². The van der Waals surface area contributed by atoms with E-state index in [2.05, 4.69) is 17.4 Å². The van der Waals surface area contributed by atoms with E-state index in [0.29, 0.717) is 0 Å². The van der Waals surface area contributed by atoms with Crippen LogP contribution in [0.5, 0.6) is 11.5 Å². The number of anilines is 2. The van der Waals surface area contributed by atoms with Crippen LogP contribution in [0.15, 0.2) is 72.8 Å². The lowest BCUT2D eigenvalue weighted by Gasteiger charge is -2.34. The minimum atomic E-state index is 0.767. The molecule has 0 saturated heterocycles. The number of benzene rings is 3. The number of ether oxygens (including phenoxy) is 2. The van der Waals surface area contributed by atoms with E-state index < -0.39 is 0 Å². The summed E-state index contributed by atoms with van der Waals surface area (Å²) in [5, 5.41) is 5.41. The minimum Gasteiger partial charge on any atom is -0.497 e. The molecule has 0 saturated carbocycles. The fraction of sp³-hybridized carbons (Fsp3) is 0.130. The lowest BCUT2D eigenvalue weighted by molar-refractivity contribution is 0.204. The highest BCUT2D eigenvalue weighted by atomic mass is 16.7. The van der Waals surface area contributed by atoms with Gasteiger partial charge >= 0.3 is 0 Å². The number of hydrogen-bond acceptors (Lipinski definition) is 5. The van der Waals surface area contributed by atoms with Crippen molar-refractivity contribution in [1.29, 1.82) is 0 Å². The van der Waals surface area contributed by atoms with E-state index in [1.54, 1.807) is 21.3 Å². The third-order valence-corrected chi connectivity index (χ3v) is 4.73. The Morgan fingerprint density at radius 2 is 1.39 bits per heavy atom. The largest absolute Gasteiger partial charge is 0.497 e. The predicted octanol–water partition coefficient (Wildman–Crippen LogP) is 5.02. The number of nitrogens with zero attached hydrogens (tertiary/aromatic N) is 1. The van der Waals surface area contributed by atoms with Gasteiger partial charge in [0.2, 0.25) is 0 Å². The van der Waals surface area contributed by atoms with Crippen LogP contribution in [0.3, 0.4) is 0 Å². The predicted molar refractivity (Wildman–Crippen MR) is 112 cm³/mol. The maximum absolute atomic E-state index is 5.84. The first-order valence-electron chi connectivity index (χ1n) is 8.98. The molecule has 0 unspecified atom stereocenters. The average molecular weight is 374 g/mol. The molecular weight excluding hydrogens is 352 g/mol. The minimum absolute atomic E-state index is 0.767. The van der Waals surface area contributed by atoms with Crippen LogP contribution in [0, 0.1) is 0 Å². The van der Waals surface area contributed by atoms with Crippen LogP contribution >= 0.6 is 0 Å². The summed E-state index contributed by atoms with van der Waals surface area (Å²) >= 11 is 0. The fourth-order valence-electron chi connectivity index (χ4n) is 3.34. The molecular formula is C23H22N2O3. The maximum atomic E-state index is 5.84. The quantitative estimate of drug-likeness (QED) is 0.679. The summed E-state index contributed by atoms with van der Waals surface area (Å²) < 4.78 is 10.7. The number of methoxy groups -OCH3 is 2. The van der Waals surface area contributed by atoms with E-state index in [0.717, 1.165) is 45.4 Å². The lowest BCUT2D eigenvalue weighted by Crippen LogP contribution is -2.27. The molecule has 0 amide bonds. The smallest absolute Gasteiger partial charge is 0.121 e. The molecule has 1 heterocycles. The van der Waals surface area contributed by atoms with Crippen LogP contribution in [-0.4, -0.2) is 21.3 Å². The maximum Gasteiger partial charge on any atom is 0.121 e. The van der Waals surface area contributed by atoms with Crippen molar-refractivity contribution in [2.24, 2.45) is 0 Å². The summed E-state index contributed by atoms with van der Waals surface area (Å²) in [4.78, 5) is 5.84. The molecule has 1 aliphatic heterocycles. The normalized spacial score (nSPS) is 13.0. The molecule has 1 aliphatic rings. The van der Waals surface area contributed by atoms with Crippen LogP contribution in [0.1, 0.15) is 11.1 Å². The average Bonchev–Trinajstić information content (AvgIpc) is 2.78. The van der Waals surface area contributed by atoms with Gasteiger partial charge in [0.25, 0.3) is 0 Å². The van der Waals surface area contributed by atoms with E-state index in [-0.39, 0.29) is 0 Å². The molecule has 0 aliphatic carbocycles. The standard InChI is InChI=1S/C23H22N2O3/c1-26-18-11-9-16(10-12-18)22-23(17-7-5-4-6-8-17)25(28-3)21-15-19(27-2)13-14-20(21)24-22/h4-15,24H,1-3H3. The summed E-state index contributed by atoms with van der Waals surface area (Å²) in [6, 6.07) is 24.0. The third kappa shape index (κ3) is 3.17. The highest BCUT2D eigenvalue weighted by molar-refractivity contribution is 6.06. The molecule has 0 radical (unpaired) electrons. The van der Waals surface area contributed by atoms with Crippen molar-refractivity contribution < 1.29 is 14.3 Å². The van der Waals surface area contributed by atoms with Gasteiger partial charge in [-0.2, -0.15) is 0 Å². The Morgan fingerprint density at radius 3 is 2.04 bits per heavy atom. The van der Waals surface area contributed by atoms with Gasteiger partial charge in [0, 0.05) is 17.2 Å². The number of hydroxylamine groups is 1. The topological polar surface area (TPSA) is 43.0 Å². The van der Waals surface area contributed by atoms with Crippen molar-refractivity contribution in [2.75, 3.05) is 31.7 Å². The van der Waals surface area contributed by atoms with Gasteiger partial charge in [-0.3, -0.25) is 4.84 Å². The van der Waals surface area contributed by atoms with Crippen molar-refractivity contribution in [3.8, 4) is 11.5 Å². The molecule has 3 aromatic rings. The van der Waals surface area contributed by atoms with E-state index in [1.165, 1.54) is 0 Å². The van der Waals surface area contributed by atoms with Gasteiger partial charge in [0.05, 0.1) is 38.4 Å². The molecule has 28 heavy (non-hydrogen) atoms. The second kappa shape index (κ2) is 7.66. The van der Waals surface area contributed by atoms with E-state index in [4.69, 9.17) is 14.3 Å². The molecule has 0 aromatic heterocycles. The molecule has 1 N–H and O–H groups in total. The molecule has 4 rings (SSSR count). The molecule has 3 aromatic carbocycles. The zero-order chi connectivity index (χ0) is 19.5. The molecule has 0 fully saturated rings. The molecule has 5 nitrogen and oxygen atoms in total. The third-order valence-electron chi connectivity index (χ3n) is 4.73. The van der Waals surface area contributed by atoms with Gasteiger partial charge < -0.3 is 14.8 Å². The van der Waals surface area contributed by atoms with Gasteiger partial charge in [0.1, 0.15) is 17.2 Å². The Labute approximate surface area is 164 Å². The van der Waals surface area contributed by atoms with Crippen molar-refractivity contribution in [3.63, 3.8) is 0 Å². The number of fused-ring (bicyclic) bond motifs is 1. The lowest BCUT2D eigenvalue weighted by atomic mass is 10.0. The highest BCUT2D eigenvalue weighted by Gasteiger charge is 2.28. The zero-order valence-electron chi connectivity index (χ0n) is 16.1. The second-order valence-electron chi connectivity index (χ2n) is 6.30. The highest BCUT2D eigenvalue weighted by Crippen LogP contribution is 2.44. The number of rotatable bonds is 5. The van der Waals surface area contributed by atoms with Crippen LogP contribution in [-0.2, 0) is 4.84 Å². The zero-order valence-corrected chi connectivity index (χ0v) is 16.1. The van der Waals surface area contributed by atoms with E-state index in [1.807, 2.05) is 65.7 Å². The molecule has 5 heteroatoms. The number of hydrogen-bond donors (Lipinski definition) is 1. The van der Waals surface area contributed by atoms with Crippen LogP contribution in [0.4, 0.5) is 11.4 Å². The summed E-state index contributed by atoms with van der Waals surface area (Å²) in [6.07, 6.45) is 0. The Hall–Kier alpha value is -3.44. The van der Waals surface area contributed by atoms with E-state index >= 15 is 0 Å². The van der Waals surface area contributed by atoms with Gasteiger partial charge in [-0.25, -0.2) is 5.06 Å². The van der Waals surface area contributed by atoms with Crippen molar-refractivity contribution in [1.82, 2.24) is 0 Å².